The molecule has 1 atom stereocenters. The fourth-order valence-corrected chi connectivity index (χ4v) is 7.72. The fraction of sp³-hybridized carbons (Fsp3) is 0.257. The molecule has 0 saturated heterocycles. The first-order chi connectivity index (χ1) is 22.4. The number of rotatable bonds is 11. The second kappa shape index (κ2) is 14.2. The predicted molar refractivity (Wildman–Crippen MR) is 180 cm³/mol. The van der Waals surface area contributed by atoms with E-state index in [0.29, 0.717) is 36.2 Å². The number of fused-ring (bicyclic) bond motifs is 1. The van der Waals surface area contributed by atoms with Gasteiger partial charge in [-0.15, -0.1) is 0 Å². The van der Waals surface area contributed by atoms with Gasteiger partial charge in [-0.3, -0.25) is 14.3 Å². The molecule has 4 aromatic rings. The number of aryl methyl sites for hydroxylation is 3. The summed E-state index contributed by atoms with van der Waals surface area (Å²) in [6, 6.07) is 20.9. The number of carboxylic acid groups (broad SMARTS) is 1. The first-order valence-corrected chi connectivity index (χ1v) is 16.4. The quantitative estimate of drug-likeness (QED) is 0.154. The van der Waals surface area contributed by atoms with Gasteiger partial charge in [0.2, 0.25) is 0 Å². The number of carbonyl (C=O) groups is 2. The van der Waals surface area contributed by atoms with E-state index < -0.39 is 29.7 Å². The summed E-state index contributed by atoms with van der Waals surface area (Å²) >= 11 is 1.99. The minimum atomic E-state index is -4.58. The second-order valence-corrected chi connectivity index (χ2v) is 13.1. The van der Waals surface area contributed by atoms with E-state index in [9.17, 15) is 27.9 Å². The van der Waals surface area contributed by atoms with Crippen LogP contribution in [0.3, 0.4) is 0 Å². The zero-order valence-corrected chi connectivity index (χ0v) is 27.9. The summed E-state index contributed by atoms with van der Waals surface area (Å²) in [7, 11) is 1.52. The van der Waals surface area contributed by atoms with Crippen molar-refractivity contribution in [2.75, 3.05) is 29.4 Å². The van der Waals surface area contributed by atoms with Crippen LogP contribution in [0.5, 0.6) is 5.75 Å². The van der Waals surface area contributed by atoms with Crippen molar-refractivity contribution in [2.45, 2.75) is 49.2 Å². The molecule has 1 unspecified atom stereocenters. The van der Waals surface area contributed by atoms with Crippen LogP contribution in [0.4, 0.5) is 24.5 Å². The van der Waals surface area contributed by atoms with Gasteiger partial charge in [0, 0.05) is 27.6 Å². The number of amides is 1. The number of carboxylic acids is 1. The highest BCUT2D eigenvalue weighted by molar-refractivity contribution is 8.00. The van der Waals surface area contributed by atoms with Crippen LogP contribution in [-0.2, 0) is 22.2 Å². The Morgan fingerprint density at radius 3 is 2.38 bits per heavy atom. The highest BCUT2D eigenvalue weighted by Crippen LogP contribution is 2.44. The average Bonchev–Trinajstić information content (AvgIpc) is 3.44. The summed E-state index contributed by atoms with van der Waals surface area (Å²) in [4.78, 5) is 28.8. The Bertz CT molecular complexity index is 1780. The largest absolute Gasteiger partial charge is 0.497 e. The van der Waals surface area contributed by atoms with Gasteiger partial charge in [0.25, 0.3) is 5.91 Å². The van der Waals surface area contributed by atoms with Crippen molar-refractivity contribution in [2.24, 2.45) is 0 Å². The average molecular weight is 682 g/mol. The van der Waals surface area contributed by atoms with Crippen LogP contribution < -0.4 is 18.7 Å². The van der Waals surface area contributed by atoms with Crippen LogP contribution in [0.2, 0.25) is 0 Å². The number of benzene rings is 4. The lowest BCUT2D eigenvalue weighted by atomic mass is 10.0. The third kappa shape index (κ3) is 7.65. The number of hydrogen-bond donors (Lipinski definition) is 2. The molecule has 12 heteroatoms. The van der Waals surface area contributed by atoms with Crippen LogP contribution >= 0.6 is 23.9 Å². The van der Waals surface area contributed by atoms with E-state index in [2.05, 4.69) is 16.9 Å². The predicted octanol–water partition coefficient (Wildman–Crippen LogP) is 8.16. The van der Waals surface area contributed by atoms with Gasteiger partial charge in [-0.1, -0.05) is 48.0 Å². The first-order valence-electron chi connectivity index (χ1n) is 14.8. The monoisotopic (exact) mass is 681 g/mol. The molecule has 0 spiro atoms. The van der Waals surface area contributed by atoms with Gasteiger partial charge < -0.3 is 19.0 Å². The van der Waals surface area contributed by atoms with Crippen molar-refractivity contribution in [3.05, 3.63) is 112 Å². The Labute approximate surface area is 280 Å². The number of aliphatic carboxylic acids is 1. The topological polar surface area (TPSA) is 82.1 Å². The van der Waals surface area contributed by atoms with Crippen LogP contribution in [0.15, 0.2) is 88.7 Å². The number of anilines is 2. The highest BCUT2D eigenvalue weighted by Gasteiger charge is 2.37. The van der Waals surface area contributed by atoms with E-state index in [4.69, 9.17) is 4.74 Å². The van der Waals surface area contributed by atoms with E-state index >= 15 is 0 Å². The van der Waals surface area contributed by atoms with Gasteiger partial charge in [-0.2, -0.15) is 13.2 Å². The molecule has 47 heavy (non-hydrogen) atoms. The van der Waals surface area contributed by atoms with Crippen molar-refractivity contribution in [1.82, 2.24) is 4.72 Å². The Morgan fingerprint density at radius 2 is 1.70 bits per heavy atom. The molecule has 4 aromatic carbocycles. The molecule has 246 valence electrons. The summed E-state index contributed by atoms with van der Waals surface area (Å²) in [6.45, 7) is 6.18. The summed E-state index contributed by atoms with van der Waals surface area (Å²) in [5.41, 5.74) is 5.27. The Kier molecular flexibility index (Phi) is 10.3. The first kappa shape index (κ1) is 34.1. The van der Waals surface area contributed by atoms with E-state index in [0.717, 1.165) is 44.6 Å². The molecule has 1 aliphatic heterocycles. The molecule has 0 aliphatic carbocycles. The number of methoxy groups -OCH3 is 1. The van der Waals surface area contributed by atoms with Crippen LogP contribution in [0.25, 0.3) is 0 Å². The maximum Gasteiger partial charge on any atom is 0.417 e. The number of ether oxygens (including phenoxy) is 1. The maximum atomic E-state index is 14.0. The third-order valence-electron chi connectivity index (χ3n) is 7.82. The summed E-state index contributed by atoms with van der Waals surface area (Å²) in [5.74, 6) is -0.977. The minimum absolute atomic E-state index is 0.120. The van der Waals surface area contributed by atoms with Gasteiger partial charge in [-0.05, 0) is 104 Å². The Hall–Kier alpha value is -4.29. The van der Waals surface area contributed by atoms with Crippen molar-refractivity contribution < 1.29 is 32.6 Å². The molecule has 1 aliphatic rings. The number of hydrogen-bond acceptors (Lipinski definition) is 7. The van der Waals surface area contributed by atoms with Gasteiger partial charge in [0.15, 0.2) is 0 Å². The standard InChI is InChI=1S/C35H34F3N3O4S2/c1-21-17-22(2)33(23(3)18-21)47-41(20-31(42)43)29-13-8-12-28-26(29)15-16-40(28)32(24-9-7-10-25(19-24)45-4)34(44)39-46-30-14-6-5-11-27(30)35(36,37)38/h5-14,17-19,32H,15-16,20H2,1-4H3,(H,39,44)(H,42,43). The molecule has 0 radical (unpaired) electrons. The molecule has 2 N–H and O–H groups in total. The zero-order valence-electron chi connectivity index (χ0n) is 26.2. The van der Waals surface area contributed by atoms with E-state index in [1.807, 2.05) is 43.9 Å². The van der Waals surface area contributed by atoms with Crippen LogP contribution in [-0.4, -0.2) is 37.2 Å². The normalized spacial score (nSPS) is 13.2. The SMILES string of the molecule is COc1cccc(C(C(=O)NSc2ccccc2C(F)(F)F)N2CCc3c(N(CC(=O)O)Sc4c(C)cc(C)cc4C)cccc32)c1. The zero-order chi connectivity index (χ0) is 33.9. The van der Waals surface area contributed by atoms with Gasteiger partial charge in [-0.25, -0.2) is 0 Å². The Morgan fingerprint density at radius 1 is 1.00 bits per heavy atom. The molecule has 0 bridgehead atoms. The molecular weight excluding hydrogens is 648 g/mol. The highest BCUT2D eigenvalue weighted by atomic mass is 32.2. The van der Waals surface area contributed by atoms with Gasteiger partial charge in [0.1, 0.15) is 18.3 Å². The van der Waals surface area contributed by atoms with Gasteiger partial charge in [0.05, 0.1) is 18.4 Å². The van der Waals surface area contributed by atoms with Crippen molar-refractivity contribution >= 4 is 47.1 Å². The van der Waals surface area contributed by atoms with E-state index in [1.165, 1.54) is 37.3 Å². The lowest BCUT2D eigenvalue weighted by Gasteiger charge is -2.31. The molecule has 0 saturated carbocycles. The molecule has 0 aromatic heterocycles. The Balaban J connectivity index is 1.52. The number of carbonyl (C=O) groups excluding carboxylic acids is 1. The minimum Gasteiger partial charge on any atom is -0.497 e. The molecule has 0 fully saturated rings. The summed E-state index contributed by atoms with van der Waals surface area (Å²) < 4.78 is 50.9. The number of halogens is 3. The molecule has 1 amide bonds. The third-order valence-corrected chi connectivity index (χ3v) is 10.1. The number of nitrogens with one attached hydrogen (secondary N) is 1. The lowest BCUT2D eigenvalue weighted by molar-refractivity contribution is -0.140. The van der Waals surface area contributed by atoms with Crippen LogP contribution in [0, 0.1) is 20.8 Å². The van der Waals surface area contributed by atoms with E-state index in [1.54, 1.807) is 28.6 Å². The fourth-order valence-electron chi connectivity index (χ4n) is 5.89. The smallest absolute Gasteiger partial charge is 0.417 e. The number of alkyl halides is 3. The van der Waals surface area contributed by atoms with Gasteiger partial charge >= 0.3 is 12.1 Å². The van der Waals surface area contributed by atoms with Crippen molar-refractivity contribution in [1.29, 1.82) is 0 Å². The van der Waals surface area contributed by atoms with Crippen molar-refractivity contribution in [3.63, 3.8) is 0 Å². The number of nitrogens with zero attached hydrogens (tertiary/aromatic N) is 2. The van der Waals surface area contributed by atoms with E-state index in [-0.39, 0.29) is 11.4 Å². The molecular formula is C35H34F3N3O4S2. The molecule has 7 nitrogen and oxygen atoms in total. The summed E-state index contributed by atoms with van der Waals surface area (Å²) in [5, 5.41) is 9.89. The summed E-state index contributed by atoms with van der Waals surface area (Å²) in [6.07, 6.45) is -4.06. The van der Waals surface area contributed by atoms with Crippen molar-refractivity contribution in [3.8, 4) is 5.75 Å². The molecule has 5 rings (SSSR count). The van der Waals surface area contributed by atoms with Crippen LogP contribution in [0.1, 0.15) is 39.4 Å². The maximum absolute atomic E-state index is 14.0. The lowest BCUT2D eigenvalue weighted by Crippen LogP contribution is -2.38. The second-order valence-electron chi connectivity index (χ2n) is 11.2. The molecule has 1 heterocycles.